The standard InChI is InChI=1S/C11H12ClN5/c1-6-4-7(12)2-3-8(6)15-10-5-9(13)16-11(14)17-10/h2-5H,1H3,(H5,13,14,15,16,17). The highest BCUT2D eigenvalue weighted by Gasteiger charge is 2.03. The molecule has 1 aromatic heterocycles. The maximum absolute atomic E-state index is 5.88. The van der Waals surface area contributed by atoms with Gasteiger partial charge in [0.05, 0.1) is 0 Å². The molecule has 2 rings (SSSR count). The maximum atomic E-state index is 5.88. The number of nitrogens with one attached hydrogen (secondary N) is 1. The number of nitrogens with zero attached hydrogens (tertiary/aromatic N) is 2. The van der Waals surface area contributed by atoms with E-state index in [-0.39, 0.29) is 5.95 Å². The molecule has 0 saturated heterocycles. The van der Waals surface area contributed by atoms with E-state index in [1.54, 1.807) is 12.1 Å². The van der Waals surface area contributed by atoms with Crippen LogP contribution in [0.15, 0.2) is 24.3 Å². The lowest BCUT2D eigenvalue weighted by Crippen LogP contribution is -2.03. The maximum Gasteiger partial charge on any atom is 0.223 e. The highest BCUT2D eigenvalue weighted by Crippen LogP contribution is 2.23. The Morgan fingerprint density at radius 1 is 1.18 bits per heavy atom. The zero-order valence-electron chi connectivity index (χ0n) is 9.24. The summed E-state index contributed by atoms with van der Waals surface area (Å²) in [5, 5.41) is 3.80. The van der Waals surface area contributed by atoms with E-state index in [2.05, 4.69) is 15.3 Å². The van der Waals surface area contributed by atoms with Crippen LogP contribution in [0.2, 0.25) is 5.02 Å². The lowest BCUT2D eigenvalue weighted by Gasteiger charge is -2.09. The lowest BCUT2D eigenvalue weighted by molar-refractivity contribution is 1.19. The highest BCUT2D eigenvalue weighted by atomic mass is 35.5. The second-order valence-electron chi connectivity index (χ2n) is 3.62. The van der Waals surface area contributed by atoms with Crippen molar-refractivity contribution >= 4 is 34.9 Å². The Kier molecular flexibility index (Phi) is 3.01. The third-order valence-electron chi connectivity index (χ3n) is 2.21. The summed E-state index contributed by atoms with van der Waals surface area (Å²) in [4.78, 5) is 7.83. The molecule has 0 amide bonds. The second-order valence-corrected chi connectivity index (χ2v) is 4.06. The van der Waals surface area contributed by atoms with Gasteiger partial charge in [0.2, 0.25) is 5.95 Å². The average Bonchev–Trinajstić information content (AvgIpc) is 2.21. The van der Waals surface area contributed by atoms with Crippen LogP contribution in [-0.4, -0.2) is 9.97 Å². The van der Waals surface area contributed by atoms with Crippen molar-refractivity contribution in [1.29, 1.82) is 0 Å². The molecule has 0 aliphatic rings. The van der Waals surface area contributed by atoms with Gasteiger partial charge in [0, 0.05) is 16.8 Å². The normalized spacial score (nSPS) is 10.2. The van der Waals surface area contributed by atoms with E-state index in [4.69, 9.17) is 23.1 Å². The fraction of sp³-hybridized carbons (Fsp3) is 0.0909. The Morgan fingerprint density at radius 3 is 2.59 bits per heavy atom. The molecule has 88 valence electrons. The summed E-state index contributed by atoms with van der Waals surface area (Å²) in [5.41, 5.74) is 13.0. The molecule has 1 heterocycles. The van der Waals surface area contributed by atoms with Crippen LogP contribution in [0.3, 0.4) is 0 Å². The number of nitrogens with two attached hydrogens (primary N) is 2. The highest BCUT2D eigenvalue weighted by molar-refractivity contribution is 6.30. The van der Waals surface area contributed by atoms with E-state index in [0.717, 1.165) is 11.3 Å². The smallest absolute Gasteiger partial charge is 0.223 e. The summed E-state index contributed by atoms with van der Waals surface area (Å²) in [6.45, 7) is 1.95. The van der Waals surface area contributed by atoms with Gasteiger partial charge < -0.3 is 16.8 Å². The van der Waals surface area contributed by atoms with Crippen LogP contribution in [0.1, 0.15) is 5.56 Å². The number of hydrogen-bond acceptors (Lipinski definition) is 5. The van der Waals surface area contributed by atoms with Gasteiger partial charge >= 0.3 is 0 Å². The van der Waals surface area contributed by atoms with Crippen molar-refractivity contribution in [2.24, 2.45) is 0 Å². The van der Waals surface area contributed by atoms with Crippen molar-refractivity contribution < 1.29 is 0 Å². The van der Waals surface area contributed by atoms with Crippen LogP contribution >= 0.6 is 11.6 Å². The summed E-state index contributed by atoms with van der Waals surface area (Å²) in [7, 11) is 0. The fourth-order valence-electron chi connectivity index (χ4n) is 1.45. The summed E-state index contributed by atoms with van der Waals surface area (Å²) in [6, 6.07) is 7.14. The lowest BCUT2D eigenvalue weighted by atomic mass is 10.2. The van der Waals surface area contributed by atoms with Crippen molar-refractivity contribution in [3.63, 3.8) is 0 Å². The third-order valence-corrected chi connectivity index (χ3v) is 2.45. The molecule has 0 unspecified atom stereocenters. The van der Waals surface area contributed by atoms with E-state index in [9.17, 15) is 0 Å². The molecule has 1 aromatic carbocycles. The Balaban J connectivity index is 2.31. The predicted molar refractivity (Wildman–Crippen MR) is 70.3 cm³/mol. The number of rotatable bonds is 2. The molecule has 0 aliphatic carbocycles. The van der Waals surface area contributed by atoms with Crippen molar-refractivity contribution in [3.8, 4) is 0 Å². The molecule has 17 heavy (non-hydrogen) atoms. The van der Waals surface area contributed by atoms with Crippen molar-refractivity contribution in [2.75, 3.05) is 16.8 Å². The van der Waals surface area contributed by atoms with Gasteiger partial charge in [-0.3, -0.25) is 0 Å². The molecule has 6 heteroatoms. The Hall–Kier alpha value is -2.01. The third kappa shape index (κ3) is 2.76. The second kappa shape index (κ2) is 4.47. The molecule has 0 aliphatic heterocycles. The van der Waals surface area contributed by atoms with Crippen molar-refractivity contribution in [2.45, 2.75) is 6.92 Å². The topological polar surface area (TPSA) is 89.8 Å². The van der Waals surface area contributed by atoms with E-state index in [1.807, 2.05) is 19.1 Å². The Bertz CT molecular complexity index is 535. The van der Waals surface area contributed by atoms with Crippen LogP contribution in [0.5, 0.6) is 0 Å². The first kappa shape index (κ1) is 11.5. The number of benzene rings is 1. The molecule has 5 N–H and O–H groups in total. The molecule has 0 fully saturated rings. The summed E-state index contributed by atoms with van der Waals surface area (Å²) in [5.74, 6) is 1.02. The van der Waals surface area contributed by atoms with Crippen molar-refractivity contribution in [1.82, 2.24) is 9.97 Å². The number of anilines is 4. The minimum absolute atomic E-state index is 0.138. The van der Waals surface area contributed by atoms with E-state index in [0.29, 0.717) is 16.7 Å². The number of hydrogen-bond donors (Lipinski definition) is 3. The van der Waals surface area contributed by atoms with Crippen LogP contribution in [-0.2, 0) is 0 Å². The quantitative estimate of drug-likeness (QED) is 0.760. The molecule has 0 saturated carbocycles. The van der Waals surface area contributed by atoms with Crippen LogP contribution < -0.4 is 16.8 Å². The van der Waals surface area contributed by atoms with Crippen LogP contribution in [0.25, 0.3) is 0 Å². The number of aromatic nitrogens is 2. The van der Waals surface area contributed by atoms with Gasteiger partial charge in [-0.05, 0) is 30.7 Å². The SMILES string of the molecule is Cc1cc(Cl)ccc1Nc1cc(N)nc(N)n1. The molecule has 0 bridgehead atoms. The average molecular weight is 250 g/mol. The van der Waals surface area contributed by atoms with Gasteiger partial charge in [-0.2, -0.15) is 9.97 Å². The molecular weight excluding hydrogens is 238 g/mol. The fourth-order valence-corrected chi connectivity index (χ4v) is 1.68. The first-order valence-corrected chi connectivity index (χ1v) is 5.35. The number of aryl methyl sites for hydroxylation is 1. The molecular formula is C11H12ClN5. The molecule has 2 aromatic rings. The molecule has 5 nitrogen and oxygen atoms in total. The van der Waals surface area contributed by atoms with Gasteiger partial charge in [-0.1, -0.05) is 11.6 Å². The summed E-state index contributed by atoms with van der Waals surface area (Å²) >= 11 is 5.88. The van der Waals surface area contributed by atoms with Gasteiger partial charge in [-0.15, -0.1) is 0 Å². The first-order valence-electron chi connectivity index (χ1n) is 4.98. The Morgan fingerprint density at radius 2 is 1.94 bits per heavy atom. The zero-order valence-corrected chi connectivity index (χ0v) is 9.99. The first-order chi connectivity index (χ1) is 8.04. The Labute approximate surface area is 104 Å². The number of halogens is 1. The monoisotopic (exact) mass is 249 g/mol. The molecule has 0 radical (unpaired) electrons. The van der Waals surface area contributed by atoms with E-state index < -0.39 is 0 Å². The van der Waals surface area contributed by atoms with Gasteiger partial charge in [0.15, 0.2) is 0 Å². The summed E-state index contributed by atoms with van der Waals surface area (Å²) in [6.07, 6.45) is 0. The van der Waals surface area contributed by atoms with Gasteiger partial charge in [-0.25, -0.2) is 0 Å². The summed E-state index contributed by atoms with van der Waals surface area (Å²) < 4.78 is 0. The largest absolute Gasteiger partial charge is 0.383 e. The molecule has 0 atom stereocenters. The molecule has 0 spiro atoms. The minimum atomic E-state index is 0.138. The van der Waals surface area contributed by atoms with E-state index in [1.165, 1.54) is 0 Å². The van der Waals surface area contributed by atoms with Gasteiger partial charge in [0.25, 0.3) is 0 Å². The van der Waals surface area contributed by atoms with E-state index >= 15 is 0 Å². The van der Waals surface area contributed by atoms with Gasteiger partial charge in [0.1, 0.15) is 11.6 Å². The minimum Gasteiger partial charge on any atom is -0.383 e. The van der Waals surface area contributed by atoms with Crippen LogP contribution in [0.4, 0.5) is 23.3 Å². The predicted octanol–water partition coefficient (Wildman–Crippen LogP) is 2.35. The number of nitrogen functional groups attached to an aromatic ring is 2. The van der Waals surface area contributed by atoms with Crippen LogP contribution in [0, 0.1) is 6.92 Å². The van der Waals surface area contributed by atoms with Crippen molar-refractivity contribution in [3.05, 3.63) is 34.9 Å². The zero-order chi connectivity index (χ0) is 12.4.